The van der Waals surface area contributed by atoms with Crippen LogP contribution >= 0.6 is 0 Å². The molecule has 3 rings (SSSR count). The first-order valence-electron chi connectivity index (χ1n) is 7.38. The monoisotopic (exact) mass is 285 g/mol. The molecular weight excluding hydrogens is 266 g/mol. The molecule has 1 aromatic carbocycles. The van der Waals surface area contributed by atoms with Gasteiger partial charge in [0.15, 0.2) is 0 Å². The third-order valence-corrected chi connectivity index (χ3v) is 4.11. The summed E-state index contributed by atoms with van der Waals surface area (Å²) in [5.74, 6) is -0.208. The highest BCUT2D eigenvalue weighted by Crippen LogP contribution is 2.27. The molecule has 0 atom stereocenters. The number of nitrogens with zero attached hydrogens (tertiary/aromatic N) is 2. The van der Waals surface area contributed by atoms with Crippen molar-refractivity contribution in [2.45, 2.75) is 37.7 Å². The van der Waals surface area contributed by atoms with Gasteiger partial charge < -0.3 is 10.4 Å². The summed E-state index contributed by atoms with van der Waals surface area (Å²) < 4.78 is 0. The van der Waals surface area contributed by atoms with E-state index in [4.69, 9.17) is 0 Å². The molecule has 21 heavy (non-hydrogen) atoms. The quantitative estimate of drug-likeness (QED) is 0.905. The molecule has 0 spiro atoms. The smallest absolute Gasteiger partial charge is 0.253 e. The number of rotatable bonds is 3. The number of carbonyl (C=O) groups is 1. The van der Waals surface area contributed by atoms with Crippen LogP contribution in [0.15, 0.2) is 30.6 Å². The van der Waals surface area contributed by atoms with Crippen molar-refractivity contribution in [3.8, 4) is 0 Å². The summed E-state index contributed by atoms with van der Waals surface area (Å²) in [4.78, 5) is 20.8. The van der Waals surface area contributed by atoms with E-state index in [-0.39, 0.29) is 5.91 Å². The lowest BCUT2D eigenvalue weighted by molar-refractivity contribution is 0.00527. The highest BCUT2D eigenvalue weighted by atomic mass is 16.3. The minimum Gasteiger partial charge on any atom is -0.388 e. The van der Waals surface area contributed by atoms with Crippen LogP contribution in [0.2, 0.25) is 0 Å². The molecule has 0 bridgehead atoms. The van der Waals surface area contributed by atoms with Crippen molar-refractivity contribution in [1.29, 1.82) is 0 Å². The number of aliphatic hydroxyl groups is 1. The number of fused-ring (bicyclic) bond motifs is 1. The Morgan fingerprint density at radius 3 is 2.76 bits per heavy atom. The molecule has 1 heterocycles. The average molecular weight is 285 g/mol. The Morgan fingerprint density at radius 2 is 1.95 bits per heavy atom. The summed E-state index contributed by atoms with van der Waals surface area (Å²) >= 11 is 0. The maximum Gasteiger partial charge on any atom is 0.253 e. The molecule has 110 valence electrons. The fraction of sp³-hybridized carbons (Fsp3) is 0.438. The van der Waals surface area contributed by atoms with Crippen molar-refractivity contribution >= 4 is 16.9 Å². The van der Waals surface area contributed by atoms with Gasteiger partial charge in [-0.2, -0.15) is 0 Å². The molecule has 5 nitrogen and oxygen atoms in total. The molecule has 0 unspecified atom stereocenters. The molecule has 2 N–H and O–H groups in total. The highest BCUT2D eigenvalue weighted by Gasteiger charge is 2.29. The van der Waals surface area contributed by atoms with Gasteiger partial charge in [0.25, 0.3) is 5.91 Å². The molecular formula is C16H19N3O2. The van der Waals surface area contributed by atoms with E-state index in [1.54, 1.807) is 24.5 Å². The molecule has 0 saturated heterocycles. The van der Waals surface area contributed by atoms with Gasteiger partial charge in [-0.05, 0) is 25.0 Å². The fourth-order valence-corrected chi connectivity index (χ4v) is 2.90. The van der Waals surface area contributed by atoms with Crippen LogP contribution in [0.3, 0.4) is 0 Å². The second-order valence-corrected chi connectivity index (χ2v) is 5.70. The van der Waals surface area contributed by atoms with Crippen molar-refractivity contribution in [1.82, 2.24) is 15.3 Å². The number of benzene rings is 1. The summed E-state index contributed by atoms with van der Waals surface area (Å²) in [5, 5.41) is 13.3. The van der Waals surface area contributed by atoms with Gasteiger partial charge in [0, 0.05) is 18.9 Å². The third kappa shape index (κ3) is 3.03. The Morgan fingerprint density at radius 1 is 1.19 bits per heavy atom. The van der Waals surface area contributed by atoms with Gasteiger partial charge in [-0.15, -0.1) is 0 Å². The van der Waals surface area contributed by atoms with Crippen LogP contribution in [-0.2, 0) is 0 Å². The maximum absolute atomic E-state index is 12.4. The predicted molar refractivity (Wildman–Crippen MR) is 79.9 cm³/mol. The van der Waals surface area contributed by atoms with Gasteiger partial charge in [-0.25, -0.2) is 0 Å². The number of aromatic nitrogens is 2. The first-order chi connectivity index (χ1) is 10.2. The van der Waals surface area contributed by atoms with Crippen molar-refractivity contribution in [2.24, 2.45) is 0 Å². The van der Waals surface area contributed by atoms with E-state index in [1.807, 2.05) is 6.07 Å². The second-order valence-electron chi connectivity index (χ2n) is 5.70. The van der Waals surface area contributed by atoms with E-state index in [0.717, 1.165) is 32.1 Å². The van der Waals surface area contributed by atoms with Gasteiger partial charge >= 0.3 is 0 Å². The largest absolute Gasteiger partial charge is 0.388 e. The number of nitrogens with one attached hydrogen (secondary N) is 1. The van der Waals surface area contributed by atoms with Crippen LogP contribution in [-0.4, -0.2) is 33.1 Å². The van der Waals surface area contributed by atoms with Crippen LogP contribution in [0.25, 0.3) is 11.0 Å². The van der Waals surface area contributed by atoms with Crippen molar-refractivity contribution < 1.29 is 9.90 Å². The number of amides is 1. The number of para-hydroxylation sites is 1. The van der Waals surface area contributed by atoms with Crippen LogP contribution in [0.4, 0.5) is 0 Å². The standard InChI is InChI=1S/C16H19N3O2/c20-15(19-11-16(21)7-2-1-3-8-16)12-5-4-6-13-14(12)18-10-9-17-13/h4-6,9-10,21H,1-3,7-8,11H2,(H,19,20). The Hall–Kier alpha value is -2.01. The molecule has 5 heteroatoms. The lowest BCUT2D eigenvalue weighted by atomic mass is 9.85. The van der Waals surface area contributed by atoms with Crippen molar-refractivity contribution in [3.05, 3.63) is 36.2 Å². The van der Waals surface area contributed by atoms with Crippen LogP contribution in [0.1, 0.15) is 42.5 Å². The number of hydrogen-bond acceptors (Lipinski definition) is 4. The van der Waals surface area contributed by atoms with Gasteiger partial charge in [0.1, 0.15) is 5.52 Å². The Kier molecular flexibility index (Phi) is 3.84. The van der Waals surface area contributed by atoms with E-state index in [2.05, 4.69) is 15.3 Å². The lowest BCUT2D eigenvalue weighted by Crippen LogP contribution is -2.44. The number of hydrogen-bond donors (Lipinski definition) is 2. The zero-order chi connectivity index (χ0) is 14.7. The Bertz CT molecular complexity index is 646. The molecule has 1 aromatic heterocycles. The minimum atomic E-state index is -0.760. The molecule has 1 fully saturated rings. The summed E-state index contributed by atoms with van der Waals surface area (Å²) in [6.07, 6.45) is 7.89. The second kappa shape index (κ2) is 5.77. The van der Waals surface area contributed by atoms with Crippen LogP contribution < -0.4 is 5.32 Å². The zero-order valence-corrected chi connectivity index (χ0v) is 11.9. The predicted octanol–water partition coefficient (Wildman–Crippen LogP) is 2.05. The van der Waals surface area contributed by atoms with E-state index in [1.165, 1.54) is 0 Å². The van der Waals surface area contributed by atoms with Crippen molar-refractivity contribution in [2.75, 3.05) is 6.54 Å². The third-order valence-electron chi connectivity index (χ3n) is 4.11. The van der Waals surface area contributed by atoms with Gasteiger partial charge in [-0.1, -0.05) is 25.3 Å². The lowest BCUT2D eigenvalue weighted by Gasteiger charge is -2.32. The summed E-state index contributed by atoms with van der Waals surface area (Å²) in [6, 6.07) is 5.35. The van der Waals surface area contributed by atoms with Gasteiger partial charge in [-0.3, -0.25) is 14.8 Å². The minimum absolute atomic E-state index is 0.208. The molecule has 2 aromatic rings. The molecule has 1 aliphatic carbocycles. The first kappa shape index (κ1) is 13.9. The first-order valence-corrected chi connectivity index (χ1v) is 7.38. The SMILES string of the molecule is O=C(NCC1(O)CCCCC1)c1cccc2nccnc12. The number of carbonyl (C=O) groups excluding carboxylic acids is 1. The van der Waals surface area contributed by atoms with E-state index in [0.29, 0.717) is 23.1 Å². The van der Waals surface area contributed by atoms with Gasteiger partial charge in [0.05, 0.1) is 16.7 Å². The van der Waals surface area contributed by atoms with Gasteiger partial charge in [0.2, 0.25) is 0 Å². The van der Waals surface area contributed by atoms with E-state index < -0.39 is 5.60 Å². The summed E-state index contributed by atoms with van der Waals surface area (Å²) in [6.45, 7) is 0.294. The highest BCUT2D eigenvalue weighted by molar-refractivity contribution is 6.04. The molecule has 0 aliphatic heterocycles. The molecule has 0 radical (unpaired) electrons. The summed E-state index contributed by atoms with van der Waals surface area (Å²) in [5.41, 5.74) is 1.03. The Labute approximate surface area is 123 Å². The molecule has 1 aliphatic rings. The van der Waals surface area contributed by atoms with E-state index >= 15 is 0 Å². The topological polar surface area (TPSA) is 75.1 Å². The zero-order valence-electron chi connectivity index (χ0n) is 11.9. The molecule has 1 saturated carbocycles. The van der Waals surface area contributed by atoms with E-state index in [9.17, 15) is 9.90 Å². The molecule has 1 amide bonds. The maximum atomic E-state index is 12.4. The average Bonchev–Trinajstić information content (AvgIpc) is 2.53. The van der Waals surface area contributed by atoms with Crippen LogP contribution in [0.5, 0.6) is 0 Å². The normalized spacial score (nSPS) is 17.6. The fourth-order valence-electron chi connectivity index (χ4n) is 2.90. The summed E-state index contributed by atoms with van der Waals surface area (Å²) in [7, 11) is 0. The van der Waals surface area contributed by atoms with Crippen LogP contribution in [0, 0.1) is 0 Å². The Balaban J connectivity index is 1.75. The van der Waals surface area contributed by atoms with Crippen molar-refractivity contribution in [3.63, 3.8) is 0 Å².